The Labute approximate surface area is 106 Å². The van der Waals surface area contributed by atoms with Crippen LogP contribution in [0.4, 0.5) is 4.39 Å². The van der Waals surface area contributed by atoms with E-state index in [1.807, 2.05) is 0 Å². The highest BCUT2D eigenvalue weighted by Crippen LogP contribution is 2.27. The molecule has 2 aromatic rings. The molecule has 0 atom stereocenters. The molecule has 0 aliphatic rings. The van der Waals surface area contributed by atoms with E-state index in [0.717, 1.165) is 6.07 Å². The van der Waals surface area contributed by atoms with Crippen molar-refractivity contribution in [2.75, 3.05) is 0 Å². The fourth-order valence-electron chi connectivity index (χ4n) is 1.40. The zero-order chi connectivity index (χ0) is 12.4. The third-order valence-electron chi connectivity index (χ3n) is 2.09. The predicted molar refractivity (Wildman–Crippen MR) is 62.8 cm³/mol. The number of nitrogens with zero attached hydrogens (tertiary/aromatic N) is 2. The minimum Gasteiger partial charge on any atom is -0.298 e. The highest BCUT2D eigenvalue weighted by molar-refractivity contribution is 6.32. The van der Waals surface area contributed by atoms with Crippen molar-refractivity contribution in [3.8, 4) is 11.3 Å². The zero-order valence-electron chi connectivity index (χ0n) is 8.32. The standard InChI is InChI=1S/C11H5Cl2FN2O/c12-7-1-6(2-8(14)3-7)10-9(4-17)11(13)16-5-15-10/h1-5H. The highest BCUT2D eigenvalue weighted by atomic mass is 35.5. The van der Waals surface area contributed by atoms with Crippen LogP contribution in [-0.4, -0.2) is 16.3 Å². The molecule has 0 N–H and O–H groups in total. The molecule has 0 unspecified atom stereocenters. The summed E-state index contributed by atoms with van der Waals surface area (Å²) >= 11 is 11.5. The SMILES string of the molecule is O=Cc1c(Cl)ncnc1-c1cc(F)cc(Cl)c1. The van der Waals surface area contributed by atoms with Gasteiger partial charge in [0.15, 0.2) is 6.29 Å². The molecule has 3 nitrogen and oxygen atoms in total. The van der Waals surface area contributed by atoms with E-state index in [-0.39, 0.29) is 21.4 Å². The van der Waals surface area contributed by atoms with Crippen molar-refractivity contribution in [2.24, 2.45) is 0 Å². The summed E-state index contributed by atoms with van der Waals surface area (Å²) in [4.78, 5) is 18.5. The highest BCUT2D eigenvalue weighted by Gasteiger charge is 2.12. The van der Waals surface area contributed by atoms with Crippen LogP contribution >= 0.6 is 23.2 Å². The first-order chi connectivity index (χ1) is 8.11. The van der Waals surface area contributed by atoms with E-state index in [0.29, 0.717) is 11.8 Å². The number of carbonyl (C=O) groups is 1. The first-order valence-electron chi connectivity index (χ1n) is 4.54. The summed E-state index contributed by atoms with van der Waals surface area (Å²) in [5.74, 6) is -0.515. The van der Waals surface area contributed by atoms with E-state index in [1.165, 1.54) is 18.5 Å². The van der Waals surface area contributed by atoms with Gasteiger partial charge in [0.1, 0.15) is 17.3 Å². The van der Waals surface area contributed by atoms with Crippen molar-refractivity contribution >= 4 is 29.5 Å². The van der Waals surface area contributed by atoms with Crippen molar-refractivity contribution in [1.82, 2.24) is 9.97 Å². The lowest BCUT2D eigenvalue weighted by Gasteiger charge is -2.05. The van der Waals surface area contributed by atoms with Gasteiger partial charge in [-0.3, -0.25) is 4.79 Å². The summed E-state index contributed by atoms with van der Waals surface area (Å²) < 4.78 is 13.2. The molecule has 0 saturated carbocycles. The van der Waals surface area contributed by atoms with Crippen LogP contribution in [0.2, 0.25) is 10.2 Å². The monoisotopic (exact) mass is 270 g/mol. The molecule has 0 bridgehead atoms. The van der Waals surface area contributed by atoms with Crippen molar-refractivity contribution in [1.29, 1.82) is 0 Å². The maximum atomic E-state index is 13.2. The Balaban J connectivity index is 2.67. The van der Waals surface area contributed by atoms with Crippen LogP contribution < -0.4 is 0 Å². The molecule has 0 amide bonds. The molecule has 0 spiro atoms. The maximum absolute atomic E-state index is 13.2. The lowest BCUT2D eigenvalue weighted by molar-refractivity contribution is 0.112. The first kappa shape index (κ1) is 12.0. The lowest BCUT2D eigenvalue weighted by Crippen LogP contribution is -1.95. The third-order valence-corrected chi connectivity index (χ3v) is 2.61. The van der Waals surface area contributed by atoms with Gasteiger partial charge >= 0.3 is 0 Å². The summed E-state index contributed by atoms with van der Waals surface area (Å²) in [5, 5.41) is 0.233. The van der Waals surface area contributed by atoms with Crippen molar-refractivity contribution in [3.05, 3.63) is 46.1 Å². The van der Waals surface area contributed by atoms with Crippen LogP contribution in [0.15, 0.2) is 24.5 Å². The minimum absolute atomic E-state index is 0.0189. The van der Waals surface area contributed by atoms with Crippen LogP contribution in [0.1, 0.15) is 10.4 Å². The molecule has 1 aromatic carbocycles. The van der Waals surface area contributed by atoms with Crippen LogP contribution in [0.25, 0.3) is 11.3 Å². The summed E-state index contributed by atoms with van der Waals surface area (Å²) in [7, 11) is 0. The number of hydrogen-bond acceptors (Lipinski definition) is 3. The van der Waals surface area contributed by atoms with Gasteiger partial charge < -0.3 is 0 Å². The normalized spacial score (nSPS) is 10.3. The third kappa shape index (κ3) is 2.43. The van der Waals surface area contributed by atoms with Crippen molar-refractivity contribution < 1.29 is 9.18 Å². The number of halogens is 3. The van der Waals surface area contributed by atoms with E-state index < -0.39 is 5.82 Å². The number of rotatable bonds is 2. The summed E-state index contributed by atoms with van der Waals surface area (Å²) in [6.07, 6.45) is 1.72. The Morgan fingerprint density at radius 1 is 1.18 bits per heavy atom. The topological polar surface area (TPSA) is 42.9 Å². The maximum Gasteiger partial charge on any atom is 0.155 e. The molecule has 2 rings (SSSR count). The van der Waals surface area contributed by atoms with E-state index in [9.17, 15) is 9.18 Å². The van der Waals surface area contributed by atoms with E-state index in [1.54, 1.807) is 0 Å². The summed E-state index contributed by atoms with van der Waals surface area (Å²) in [5.41, 5.74) is 0.735. The summed E-state index contributed by atoms with van der Waals surface area (Å²) in [6.45, 7) is 0. The van der Waals surface area contributed by atoms with Crippen molar-refractivity contribution in [2.45, 2.75) is 0 Å². The number of carbonyl (C=O) groups excluding carboxylic acids is 1. The second-order valence-corrected chi connectivity index (χ2v) is 4.00. The van der Waals surface area contributed by atoms with E-state index in [4.69, 9.17) is 23.2 Å². The van der Waals surface area contributed by atoms with Gasteiger partial charge in [0.25, 0.3) is 0 Å². The van der Waals surface area contributed by atoms with Gasteiger partial charge in [-0.25, -0.2) is 14.4 Å². The lowest BCUT2D eigenvalue weighted by atomic mass is 10.1. The van der Waals surface area contributed by atoms with E-state index in [2.05, 4.69) is 9.97 Å². The molecule has 1 heterocycles. The zero-order valence-corrected chi connectivity index (χ0v) is 9.84. The molecule has 0 radical (unpaired) electrons. The number of aromatic nitrogens is 2. The molecule has 0 aliphatic heterocycles. The molecule has 17 heavy (non-hydrogen) atoms. The van der Waals surface area contributed by atoms with Gasteiger partial charge in [-0.05, 0) is 18.2 Å². The molecule has 86 valence electrons. The quantitative estimate of drug-likeness (QED) is 0.621. The molecule has 1 aromatic heterocycles. The molecule has 0 saturated heterocycles. The fourth-order valence-corrected chi connectivity index (χ4v) is 1.80. The van der Waals surface area contributed by atoms with Gasteiger partial charge in [-0.1, -0.05) is 23.2 Å². The van der Waals surface area contributed by atoms with Crippen LogP contribution in [0.5, 0.6) is 0 Å². The van der Waals surface area contributed by atoms with Gasteiger partial charge in [0.05, 0.1) is 11.3 Å². The Kier molecular flexibility index (Phi) is 3.36. The second-order valence-electron chi connectivity index (χ2n) is 3.20. The molecule has 0 fully saturated rings. The largest absolute Gasteiger partial charge is 0.298 e. The van der Waals surface area contributed by atoms with Crippen LogP contribution in [-0.2, 0) is 0 Å². The fraction of sp³-hybridized carbons (Fsp3) is 0. The van der Waals surface area contributed by atoms with Gasteiger partial charge in [-0.15, -0.1) is 0 Å². The van der Waals surface area contributed by atoms with E-state index >= 15 is 0 Å². The Hall–Kier alpha value is -1.52. The van der Waals surface area contributed by atoms with Gasteiger partial charge in [0.2, 0.25) is 0 Å². The predicted octanol–water partition coefficient (Wildman–Crippen LogP) is 3.40. The smallest absolute Gasteiger partial charge is 0.155 e. The van der Waals surface area contributed by atoms with Crippen LogP contribution in [0, 0.1) is 5.82 Å². The summed E-state index contributed by atoms with van der Waals surface area (Å²) in [6, 6.07) is 3.88. The van der Waals surface area contributed by atoms with Gasteiger partial charge in [-0.2, -0.15) is 0 Å². The molecule has 6 heteroatoms. The average molecular weight is 271 g/mol. The molecular formula is C11H5Cl2FN2O. The number of aldehydes is 1. The van der Waals surface area contributed by atoms with Gasteiger partial charge in [0, 0.05) is 10.6 Å². The Morgan fingerprint density at radius 3 is 2.59 bits per heavy atom. The minimum atomic E-state index is -0.515. The molecular weight excluding hydrogens is 266 g/mol. The number of benzene rings is 1. The average Bonchev–Trinajstić information content (AvgIpc) is 2.27. The number of hydrogen-bond donors (Lipinski definition) is 0. The Bertz CT molecular complexity index is 569. The second kappa shape index (κ2) is 4.77. The van der Waals surface area contributed by atoms with Crippen molar-refractivity contribution in [3.63, 3.8) is 0 Å². The first-order valence-corrected chi connectivity index (χ1v) is 5.29. The Morgan fingerprint density at radius 2 is 1.94 bits per heavy atom. The van der Waals surface area contributed by atoms with Crippen LogP contribution in [0.3, 0.4) is 0 Å². The molecule has 0 aliphatic carbocycles.